The quantitative estimate of drug-likeness (QED) is 0.676. The Kier molecular flexibility index (Phi) is 3.56. The van der Waals surface area contributed by atoms with E-state index in [1.165, 1.54) is 19.3 Å². The summed E-state index contributed by atoms with van der Waals surface area (Å²) in [7, 11) is 0. The second-order valence-corrected chi connectivity index (χ2v) is 6.30. The number of amides is 2. The number of fused-ring (bicyclic) bond motifs is 3. The van der Waals surface area contributed by atoms with Gasteiger partial charge in [0.2, 0.25) is 5.91 Å². The van der Waals surface area contributed by atoms with Gasteiger partial charge in [0.15, 0.2) is 12.4 Å². The van der Waals surface area contributed by atoms with Gasteiger partial charge in [-0.05, 0) is 35.7 Å². The van der Waals surface area contributed by atoms with Gasteiger partial charge in [-0.2, -0.15) is 4.73 Å². The van der Waals surface area contributed by atoms with Crippen LogP contribution in [0.1, 0.15) is 12.5 Å². The molecule has 7 heteroatoms. The van der Waals surface area contributed by atoms with Crippen LogP contribution in [0.3, 0.4) is 0 Å². The van der Waals surface area contributed by atoms with Crippen LogP contribution >= 0.6 is 0 Å². The normalized spacial score (nSPS) is 20.8. The maximum absolute atomic E-state index is 12.2. The summed E-state index contributed by atoms with van der Waals surface area (Å²) < 4.78 is 6.16. The molecule has 128 valence electrons. The summed E-state index contributed by atoms with van der Waals surface area (Å²) in [6.07, 6.45) is 2.86. The predicted octanol–water partition coefficient (Wildman–Crippen LogP) is 1.37. The third kappa shape index (κ3) is 2.67. The number of cyclic esters (lactones) is 1. The van der Waals surface area contributed by atoms with Crippen molar-refractivity contribution in [3.8, 4) is 11.1 Å². The number of aromatic nitrogens is 1. The largest absolute Gasteiger partial charge is 0.619 e. The number of anilines is 1. The van der Waals surface area contributed by atoms with Crippen LogP contribution in [0.15, 0.2) is 42.7 Å². The van der Waals surface area contributed by atoms with Crippen molar-refractivity contribution in [3.05, 3.63) is 53.5 Å². The van der Waals surface area contributed by atoms with E-state index in [1.54, 1.807) is 11.0 Å². The number of nitrogens with one attached hydrogen (secondary N) is 1. The van der Waals surface area contributed by atoms with Gasteiger partial charge in [-0.3, -0.25) is 9.69 Å². The molecule has 1 N–H and O–H groups in total. The van der Waals surface area contributed by atoms with Gasteiger partial charge in [0.25, 0.3) is 0 Å². The lowest BCUT2D eigenvalue weighted by molar-refractivity contribution is -0.604. The average molecular weight is 339 g/mol. The molecule has 0 unspecified atom stereocenters. The van der Waals surface area contributed by atoms with Gasteiger partial charge < -0.3 is 15.3 Å². The number of carbonyl (C=O) groups excluding carboxylic acids is 2. The van der Waals surface area contributed by atoms with Gasteiger partial charge in [-0.15, -0.1) is 0 Å². The molecule has 2 aromatic rings. The third-order valence-electron chi connectivity index (χ3n) is 4.64. The average Bonchev–Trinajstić information content (AvgIpc) is 3.10. The monoisotopic (exact) mass is 339 g/mol. The summed E-state index contributed by atoms with van der Waals surface area (Å²) in [5.74, 6) is -0.151. The topological polar surface area (TPSA) is 85.6 Å². The second-order valence-electron chi connectivity index (χ2n) is 6.30. The van der Waals surface area contributed by atoms with Gasteiger partial charge in [-0.25, -0.2) is 4.79 Å². The Hall–Kier alpha value is -3.09. The highest BCUT2D eigenvalue weighted by atomic mass is 16.6. The van der Waals surface area contributed by atoms with Crippen molar-refractivity contribution in [3.63, 3.8) is 0 Å². The van der Waals surface area contributed by atoms with Crippen LogP contribution < -0.4 is 14.9 Å². The molecule has 3 heterocycles. The fraction of sp³-hybridized carbons (Fsp3) is 0.278. The molecular weight excluding hydrogens is 322 g/mol. The second kappa shape index (κ2) is 5.77. The zero-order valence-electron chi connectivity index (χ0n) is 13.6. The fourth-order valence-electron chi connectivity index (χ4n) is 3.50. The first-order valence-corrected chi connectivity index (χ1v) is 8.09. The lowest BCUT2D eigenvalue weighted by atomic mass is 10.0. The van der Waals surface area contributed by atoms with Gasteiger partial charge in [-0.1, -0.05) is 6.07 Å². The summed E-state index contributed by atoms with van der Waals surface area (Å²) in [6, 6.07) is 9.24. The van der Waals surface area contributed by atoms with Crippen LogP contribution in [-0.2, 0) is 16.0 Å². The molecule has 0 radical (unpaired) electrons. The first kappa shape index (κ1) is 15.4. The molecule has 2 aliphatic heterocycles. The van der Waals surface area contributed by atoms with Crippen LogP contribution in [0.5, 0.6) is 0 Å². The SMILES string of the molecule is CC(=O)NC[C@@H]1OC(=O)N2c3ccc(-c4ccc[n+]([O-])c4)cc3C[C@@H]12. The van der Waals surface area contributed by atoms with E-state index < -0.39 is 0 Å². The van der Waals surface area contributed by atoms with Crippen molar-refractivity contribution in [2.24, 2.45) is 0 Å². The Morgan fingerprint density at radius 2 is 2.24 bits per heavy atom. The molecule has 25 heavy (non-hydrogen) atoms. The highest BCUT2D eigenvalue weighted by Gasteiger charge is 2.47. The maximum Gasteiger partial charge on any atom is 0.415 e. The zero-order chi connectivity index (χ0) is 17.6. The molecule has 0 saturated carbocycles. The Labute approximate surface area is 144 Å². The number of nitrogens with zero attached hydrogens (tertiary/aromatic N) is 2. The highest BCUT2D eigenvalue weighted by molar-refractivity contribution is 5.94. The van der Waals surface area contributed by atoms with E-state index in [0.717, 1.165) is 27.1 Å². The van der Waals surface area contributed by atoms with Crippen molar-refractivity contribution in [2.45, 2.75) is 25.5 Å². The van der Waals surface area contributed by atoms with E-state index in [9.17, 15) is 14.8 Å². The minimum atomic E-state index is -0.385. The Balaban J connectivity index is 1.62. The molecule has 1 aromatic carbocycles. The summed E-state index contributed by atoms with van der Waals surface area (Å²) in [6.45, 7) is 1.74. The van der Waals surface area contributed by atoms with Crippen LogP contribution in [0.4, 0.5) is 10.5 Å². The van der Waals surface area contributed by atoms with Crippen LogP contribution in [-0.4, -0.2) is 30.7 Å². The Bertz CT molecular complexity index is 867. The Morgan fingerprint density at radius 3 is 3.00 bits per heavy atom. The van der Waals surface area contributed by atoms with Gasteiger partial charge in [0.05, 0.1) is 18.3 Å². The smallest absolute Gasteiger partial charge is 0.415 e. The molecule has 0 spiro atoms. The Morgan fingerprint density at radius 1 is 1.40 bits per heavy atom. The lowest BCUT2D eigenvalue weighted by Crippen LogP contribution is -2.40. The standard InChI is InChI=1S/C18H17N3O4/c1-11(22)19-9-17-16-8-14-7-12(13-3-2-6-20(24)10-13)4-5-15(14)21(16)18(23)25-17/h2-7,10,16-17H,8-9H2,1H3,(H,19,22)/t16-,17-/m0/s1. The van der Waals surface area contributed by atoms with Crippen molar-refractivity contribution in [1.29, 1.82) is 0 Å². The third-order valence-corrected chi connectivity index (χ3v) is 4.64. The number of benzene rings is 1. The number of carbonyl (C=O) groups is 2. The van der Waals surface area contributed by atoms with E-state index in [-0.39, 0.29) is 24.1 Å². The zero-order valence-corrected chi connectivity index (χ0v) is 13.6. The predicted molar refractivity (Wildman–Crippen MR) is 89.8 cm³/mol. The molecule has 1 saturated heterocycles. The van der Waals surface area contributed by atoms with Crippen molar-refractivity contribution in [1.82, 2.24) is 5.32 Å². The minimum absolute atomic E-state index is 0.121. The molecule has 2 atom stereocenters. The number of hydrogen-bond donors (Lipinski definition) is 1. The molecule has 2 amide bonds. The van der Waals surface area contributed by atoms with Crippen LogP contribution in [0.25, 0.3) is 11.1 Å². The first-order valence-electron chi connectivity index (χ1n) is 8.09. The van der Waals surface area contributed by atoms with E-state index in [1.807, 2.05) is 24.3 Å². The molecule has 0 bridgehead atoms. The molecule has 4 rings (SSSR count). The molecule has 1 fully saturated rings. The van der Waals surface area contributed by atoms with Gasteiger partial charge in [0, 0.05) is 18.6 Å². The van der Waals surface area contributed by atoms with Crippen molar-refractivity contribution in [2.75, 3.05) is 11.4 Å². The lowest BCUT2D eigenvalue weighted by Gasteiger charge is -2.16. The summed E-state index contributed by atoms with van der Waals surface area (Å²) in [4.78, 5) is 25.0. The molecule has 2 aliphatic rings. The molecule has 7 nitrogen and oxygen atoms in total. The first-order chi connectivity index (χ1) is 12.0. The van der Waals surface area contributed by atoms with Crippen molar-refractivity contribution < 1.29 is 19.1 Å². The number of hydrogen-bond acceptors (Lipinski definition) is 4. The number of ether oxygens (including phenoxy) is 1. The summed E-state index contributed by atoms with van der Waals surface area (Å²) >= 11 is 0. The van der Waals surface area contributed by atoms with Crippen LogP contribution in [0, 0.1) is 5.21 Å². The summed E-state index contributed by atoms with van der Waals surface area (Å²) in [5.41, 5.74) is 3.62. The molecule has 0 aliphatic carbocycles. The fourth-order valence-corrected chi connectivity index (χ4v) is 3.50. The van der Waals surface area contributed by atoms with Gasteiger partial charge in [0.1, 0.15) is 6.10 Å². The van der Waals surface area contributed by atoms with Gasteiger partial charge >= 0.3 is 6.09 Å². The highest BCUT2D eigenvalue weighted by Crippen LogP contribution is 2.40. The van der Waals surface area contributed by atoms with E-state index in [0.29, 0.717) is 13.0 Å². The molecular formula is C18H17N3O4. The van der Waals surface area contributed by atoms with Crippen LogP contribution in [0.2, 0.25) is 0 Å². The van der Waals surface area contributed by atoms with E-state index in [4.69, 9.17) is 4.74 Å². The van der Waals surface area contributed by atoms with Crippen molar-refractivity contribution >= 4 is 17.7 Å². The summed E-state index contributed by atoms with van der Waals surface area (Å²) in [5, 5.41) is 14.2. The minimum Gasteiger partial charge on any atom is -0.619 e. The molecule has 1 aromatic heterocycles. The van der Waals surface area contributed by atoms with E-state index in [2.05, 4.69) is 5.32 Å². The number of rotatable bonds is 3. The maximum atomic E-state index is 12.2. The number of pyridine rings is 1. The van der Waals surface area contributed by atoms with E-state index >= 15 is 0 Å².